The van der Waals surface area contributed by atoms with E-state index in [1.54, 1.807) is 20.0 Å². The molecule has 1 fully saturated rings. The second kappa shape index (κ2) is 13.3. The number of amides is 2. The normalized spacial score (nSPS) is 19.6. The Labute approximate surface area is 269 Å². The Kier molecular flexibility index (Phi) is 9.68. The predicted octanol–water partition coefficient (Wildman–Crippen LogP) is 6.69. The largest absolute Gasteiger partial charge is 0.494 e. The third kappa shape index (κ3) is 6.80. The number of nitrogens with one attached hydrogen (secondary N) is 2. The number of halogens is 1. The number of carbonyl (C=O) groups excluding carboxylic acids is 2. The lowest BCUT2D eigenvalue weighted by atomic mass is 9.65. The molecule has 44 heavy (non-hydrogen) atoms. The van der Waals surface area contributed by atoms with E-state index in [9.17, 15) is 9.59 Å². The Morgan fingerprint density at radius 1 is 1.00 bits per heavy atom. The summed E-state index contributed by atoms with van der Waals surface area (Å²) in [4.78, 5) is 30.7. The molecular weight excluding hydrogens is 620 g/mol. The zero-order valence-electron chi connectivity index (χ0n) is 26.3. The molecule has 0 bridgehead atoms. The number of hydrogen-bond acceptors (Lipinski definition) is 6. The number of carbonyl (C=O) groups is 2. The van der Waals surface area contributed by atoms with E-state index in [0.29, 0.717) is 24.3 Å². The van der Waals surface area contributed by atoms with Crippen molar-refractivity contribution in [3.8, 4) is 5.75 Å². The van der Waals surface area contributed by atoms with Gasteiger partial charge in [-0.15, -0.1) is 0 Å². The van der Waals surface area contributed by atoms with Crippen LogP contribution in [-0.4, -0.2) is 68.8 Å². The molecule has 2 aliphatic heterocycles. The Morgan fingerprint density at radius 3 is 2.41 bits per heavy atom. The van der Waals surface area contributed by atoms with Crippen LogP contribution >= 0.6 is 15.9 Å². The highest BCUT2D eigenvalue weighted by atomic mass is 79.9. The number of fused-ring (bicyclic) bond motifs is 1. The van der Waals surface area contributed by atoms with Crippen LogP contribution in [-0.2, 0) is 14.9 Å². The number of hydrogen-bond donors (Lipinski definition) is 2. The minimum Gasteiger partial charge on any atom is -0.494 e. The molecule has 3 aromatic carbocycles. The van der Waals surface area contributed by atoms with Crippen LogP contribution in [0.25, 0.3) is 0 Å². The molecule has 2 aliphatic rings. The summed E-state index contributed by atoms with van der Waals surface area (Å²) in [5, 5.41) is 6.19. The maximum Gasteiger partial charge on any atom is 0.257 e. The van der Waals surface area contributed by atoms with Gasteiger partial charge in [0.25, 0.3) is 5.91 Å². The molecular formula is C35H43BrN4O4. The SMILES string of the molecule is CNc1ccc(Br)cc1C(=O)Nc1ccc2c(c1)C(C)(c1ccc(OCCCN3CCOCC3)cc1)CC(C)(C)N2C(C)=O. The molecule has 2 N–H and O–H groups in total. The molecule has 1 atom stereocenters. The molecule has 0 aromatic heterocycles. The molecule has 1 saturated heterocycles. The van der Waals surface area contributed by atoms with Gasteiger partial charge in [0, 0.05) is 66.1 Å². The lowest BCUT2D eigenvalue weighted by Gasteiger charge is -2.51. The second-order valence-electron chi connectivity index (χ2n) is 12.5. The van der Waals surface area contributed by atoms with Crippen LogP contribution in [0.15, 0.2) is 65.1 Å². The van der Waals surface area contributed by atoms with Gasteiger partial charge in [0.2, 0.25) is 5.91 Å². The van der Waals surface area contributed by atoms with Gasteiger partial charge in [-0.25, -0.2) is 0 Å². The van der Waals surface area contributed by atoms with Crippen LogP contribution in [0.5, 0.6) is 5.75 Å². The topological polar surface area (TPSA) is 83.1 Å². The van der Waals surface area contributed by atoms with Gasteiger partial charge in [-0.2, -0.15) is 0 Å². The maximum absolute atomic E-state index is 13.4. The van der Waals surface area contributed by atoms with Gasteiger partial charge in [0.1, 0.15) is 5.75 Å². The number of anilines is 3. The summed E-state index contributed by atoms with van der Waals surface area (Å²) in [6.45, 7) is 13.3. The first kappa shape index (κ1) is 32.0. The van der Waals surface area contributed by atoms with Crippen molar-refractivity contribution in [3.63, 3.8) is 0 Å². The van der Waals surface area contributed by atoms with Gasteiger partial charge < -0.3 is 25.0 Å². The van der Waals surface area contributed by atoms with E-state index in [-0.39, 0.29) is 11.8 Å². The van der Waals surface area contributed by atoms with Crippen molar-refractivity contribution in [3.05, 3.63) is 81.8 Å². The third-order valence-electron chi connectivity index (χ3n) is 8.77. The molecule has 2 heterocycles. The van der Waals surface area contributed by atoms with Crippen molar-refractivity contribution in [2.75, 3.05) is 62.0 Å². The Morgan fingerprint density at radius 2 is 1.73 bits per heavy atom. The van der Waals surface area contributed by atoms with Crippen LogP contribution in [0, 0.1) is 0 Å². The van der Waals surface area contributed by atoms with Gasteiger partial charge >= 0.3 is 0 Å². The van der Waals surface area contributed by atoms with E-state index >= 15 is 0 Å². The lowest BCUT2D eigenvalue weighted by molar-refractivity contribution is -0.117. The highest BCUT2D eigenvalue weighted by molar-refractivity contribution is 9.10. The number of benzene rings is 3. The summed E-state index contributed by atoms with van der Waals surface area (Å²) < 4.78 is 12.4. The van der Waals surface area contributed by atoms with E-state index < -0.39 is 11.0 Å². The number of rotatable bonds is 9. The highest BCUT2D eigenvalue weighted by Gasteiger charge is 2.47. The maximum atomic E-state index is 13.4. The van der Waals surface area contributed by atoms with Gasteiger partial charge in [-0.1, -0.05) is 35.0 Å². The van der Waals surface area contributed by atoms with Crippen molar-refractivity contribution in [1.82, 2.24) is 4.90 Å². The van der Waals surface area contributed by atoms with Crippen LogP contribution in [0.4, 0.5) is 17.1 Å². The Balaban J connectivity index is 1.41. The number of nitrogens with zero attached hydrogens (tertiary/aromatic N) is 2. The van der Waals surface area contributed by atoms with Crippen LogP contribution in [0.3, 0.4) is 0 Å². The van der Waals surface area contributed by atoms with E-state index in [4.69, 9.17) is 9.47 Å². The zero-order valence-corrected chi connectivity index (χ0v) is 27.9. The number of ether oxygens (including phenoxy) is 2. The minimum absolute atomic E-state index is 0.0105. The lowest BCUT2D eigenvalue weighted by Crippen LogP contribution is -2.55. The Hall–Kier alpha value is -3.40. The van der Waals surface area contributed by atoms with E-state index in [0.717, 1.165) is 72.0 Å². The molecule has 2 amide bonds. The first-order valence-electron chi connectivity index (χ1n) is 15.3. The number of morpholine rings is 1. The fraction of sp³-hybridized carbons (Fsp3) is 0.429. The molecule has 1 unspecified atom stereocenters. The van der Waals surface area contributed by atoms with Gasteiger partial charge in [0.05, 0.1) is 25.4 Å². The molecule has 0 saturated carbocycles. The van der Waals surface area contributed by atoms with Crippen LogP contribution < -0.4 is 20.3 Å². The first-order chi connectivity index (χ1) is 21.0. The van der Waals surface area contributed by atoms with Crippen molar-refractivity contribution < 1.29 is 19.1 Å². The molecule has 3 aromatic rings. The monoisotopic (exact) mass is 662 g/mol. The zero-order chi connectivity index (χ0) is 31.5. The smallest absolute Gasteiger partial charge is 0.257 e. The van der Waals surface area contributed by atoms with Gasteiger partial charge in [0.15, 0.2) is 0 Å². The van der Waals surface area contributed by atoms with E-state index in [1.807, 2.05) is 47.4 Å². The van der Waals surface area contributed by atoms with Crippen molar-refractivity contribution in [1.29, 1.82) is 0 Å². The summed E-state index contributed by atoms with van der Waals surface area (Å²) in [5.41, 5.74) is 4.07. The third-order valence-corrected chi connectivity index (χ3v) is 9.27. The molecule has 8 nitrogen and oxygen atoms in total. The summed E-state index contributed by atoms with van der Waals surface area (Å²) in [7, 11) is 1.80. The molecule has 0 radical (unpaired) electrons. The molecule has 0 aliphatic carbocycles. The standard InChI is InChI=1S/C35H43BrN4O4/c1-24(41)40-32-14-10-27(38-33(42)29-21-26(36)9-13-31(29)37-5)22-30(32)35(4,23-34(40,2)3)25-7-11-28(12-8-25)44-18-6-15-39-16-19-43-20-17-39/h7-14,21-22,37H,6,15-20,23H2,1-5H3,(H,38,42). The van der Waals surface area contributed by atoms with E-state index in [2.05, 4.69) is 64.4 Å². The second-order valence-corrected chi connectivity index (χ2v) is 13.4. The molecule has 9 heteroatoms. The summed E-state index contributed by atoms with van der Waals surface area (Å²) in [5.74, 6) is 0.617. The average molecular weight is 664 g/mol. The quantitative estimate of drug-likeness (QED) is 0.249. The molecule has 234 valence electrons. The summed E-state index contributed by atoms with van der Waals surface area (Å²) in [6.07, 6.45) is 1.67. The predicted molar refractivity (Wildman–Crippen MR) is 180 cm³/mol. The average Bonchev–Trinajstić information content (AvgIpc) is 2.99. The van der Waals surface area contributed by atoms with Crippen molar-refractivity contribution in [2.45, 2.75) is 51.5 Å². The van der Waals surface area contributed by atoms with Crippen LogP contribution in [0.1, 0.15) is 62.0 Å². The van der Waals surface area contributed by atoms with Gasteiger partial charge in [-0.3, -0.25) is 14.5 Å². The Bertz CT molecular complexity index is 1500. The summed E-state index contributed by atoms with van der Waals surface area (Å²) >= 11 is 3.48. The first-order valence-corrected chi connectivity index (χ1v) is 16.1. The van der Waals surface area contributed by atoms with Crippen molar-refractivity contribution >= 4 is 44.8 Å². The highest BCUT2D eigenvalue weighted by Crippen LogP contribution is 2.51. The molecule has 0 spiro atoms. The fourth-order valence-electron chi connectivity index (χ4n) is 6.81. The summed E-state index contributed by atoms with van der Waals surface area (Å²) in [6, 6.07) is 19.8. The van der Waals surface area contributed by atoms with Crippen molar-refractivity contribution in [2.24, 2.45) is 0 Å². The minimum atomic E-state index is -0.426. The van der Waals surface area contributed by atoms with E-state index in [1.165, 1.54) is 0 Å². The fourth-order valence-corrected chi connectivity index (χ4v) is 7.17. The molecule has 5 rings (SSSR count). The van der Waals surface area contributed by atoms with Crippen LogP contribution in [0.2, 0.25) is 0 Å². The van der Waals surface area contributed by atoms with Gasteiger partial charge in [-0.05, 0) is 86.3 Å².